The molecule has 2 heterocycles. The third-order valence-corrected chi connectivity index (χ3v) is 4.37. The number of fused-ring (bicyclic) bond motifs is 1. The van der Waals surface area contributed by atoms with Crippen LogP contribution in [0.5, 0.6) is 5.75 Å². The van der Waals surface area contributed by atoms with Gasteiger partial charge in [0.15, 0.2) is 6.10 Å². The second kappa shape index (κ2) is 5.38. The normalized spacial score (nSPS) is 22.2. The molecule has 6 heteroatoms. The Balaban J connectivity index is 1.84. The molecule has 1 aliphatic heterocycles. The van der Waals surface area contributed by atoms with E-state index in [1.54, 1.807) is 0 Å². The monoisotopic (exact) mass is 293 g/mol. The van der Waals surface area contributed by atoms with Gasteiger partial charge < -0.3 is 14.6 Å². The van der Waals surface area contributed by atoms with E-state index in [1.165, 1.54) is 11.3 Å². The maximum Gasteiger partial charge on any atom is 0.332 e. The zero-order valence-electron chi connectivity index (χ0n) is 11.0. The number of benzene rings is 1. The minimum atomic E-state index is -0.896. The van der Waals surface area contributed by atoms with Crippen LogP contribution < -0.4 is 4.74 Å². The van der Waals surface area contributed by atoms with E-state index in [2.05, 4.69) is 4.98 Å². The second-order valence-electron chi connectivity index (χ2n) is 4.64. The van der Waals surface area contributed by atoms with E-state index < -0.39 is 12.1 Å². The van der Waals surface area contributed by atoms with Gasteiger partial charge in [-0.05, 0) is 38.0 Å². The van der Waals surface area contributed by atoms with Gasteiger partial charge in [0.2, 0.25) is 0 Å². The van der Waals surface area contributed by atoms with Gasteiger partial charge in [-0.2, -0.15) is 0 Å². The minimum Gasteiger partial charge on any atom is -0.494 e. The molecular formula is C14H15NO4S. The fourth-order valence-electron chi connectivity index (χ4n) is 2.32. The van der Waals surface area contributed by atoms with E-state index in [0.29, 0.717) is 19.4 Å². The number of rotatable bonds is 4. The van der Waals surface area contributed by atoms with Crippen LogP contribution in [0.15, 0.2) is 18.2 Å². The highest BCUT2D eigenvalue weighted by Gasteiger charge is 2.33. The average molecular weight is 293 g/mol. The number of hydrogen-bond acceptors (Lipinski definition) is 5. The second-order valence-corrected chi connectivity index (χ2v) is 5.71. The molecule has 1 N–H and O–H groups in total. The lowest BCUT2D eigenvalue weighted by atomic mass is 10.2. The number of carbonyl (C=O) groups is 1. The van der Waals surface area contributed by atoms with Gasteiger partial charge in [0, 0.05) is 0 Å². The zero-order chi connectivity index (χ0) is 14.1. The Labute approximate surface area is 120 Å². The number of hydrogen-bond donors (Lipinski definition) is 1. The molecule has 1 aliphatic rings. The summed E-state index contributed by atoms with van der Waals surface area (Å²) in [5.41, 5.74) is 0.899. The zero-order valence-corrected chi connectivity index (χ0v) is 11.9. The molecule has 5 nitrogen and oxygen atoms in total. The van der Waals surface area contributed by atoms with Crippen molar-refractivity contribution in [2.24, 2.45) is 0 Å². The number of carboxylic acids is 1. The number of aliphatic carboxylic acids is 1. The third kappa shape index (κ3) is 2.48. The van der Waals surface area contributed by atoms with Crippen molar-refractivity contribution in [3.8, 4) is 5.75 Å². The summed E-state index contributed by atoms with van der Waals surface area (Å²) >= 11 is 1.54. The van der Waals surface area contributed by atoms with Crippen LogP contribution in [0.1, 0.15) is 30.9 Å². The summed E-state index contributed by atoms with van der Waals surface area (Å²) in [7, 11) is 0. The van der Waals surface area contributed by atoms with Crippen LogP contribution in [0.25, 0.3) is 10.2 Å². The van der Waals surface area contributed by atoms with Gasteiger partial charge in [-0.3, -0.25) is 0 Å². The maximum absolute atomic E-state index is 10.9. The van der Waals surface area contributed by atoms with Crippen LogP contribution in [-0.4, -0.2) is 28.8 Å². The predicted molar refractivity (Wildman–Crippen MR) is 75.3 cm³/mol. The van der Waals surface area contributed by atoms with Crippen molar-refractivity contribution < 1.29 is 19.4 Å². The lowest BCUT2D eigenvalue weighted by Crippen LogP contribution is -2.18. The Hall–Kier alpha value is -1.66. The van der Waals surface area contributed by atoms with Gasteiger partial charge in [0.1, 0.15) is 16.9 Å². The first-order chi connectivity index (χ1) is 9.67. The Bertz CT molecular complexity index is 639. The fraction of sp³-hybridized carbons (Fsp3) is 0.429. The molecule has 0 saturated carbocycles. The Morgan fingerprint density at radius 1 is 1.55 bits per heavy atom. The van der Waals surface area contributed by atoms with E-state index in [-0.39, 0.29) is 6.10 Å². The highest BCUT2D eigenvalue weighted by atomic mass is 32.1. The molecule has 2 atom stereocenters. The predicted octanol–water partition coefficient (Wildman–Crippen LogP) is 3.00. The molecule has 0 aliphatic carbocycles. The number of ether oxygens (including phenoxy) is 2. The topological polar surface area (TPSA) is 68.7 Å². The largest absolute Gasteiger partial charge is 0.494 e. The van der Waals surface area contributed by atoms with E-state index in [1.807, 2.05) is 25.1 Å². The molecule has 0 radical (unpaired) electrons. The summed E-state index contributed by atoms with van der Waals surface area (Å²) in [4.78, 5) is 15.4. The molecule has 1 aromatic carbocycles. The SMILES string of the molecule is CCOc1ccc2nc(C3CCC(C(=O)O)O3)sc2c1. The number of aromatic nitrogens is 1. The summed E-state index contributed by atoms with van der Waals surface area (Å²) < 4.78 is 12.0. The number of thiazole rings is 1. The van der Waals surface area contributed by atoms with Crippen molar-refractivity contribution in [3.05, 3.63) is 23.2 Å². The molecule has 1 fully saturated rings. The highest BCUT2D eigenvalue weighted by Crippen LogP contribution is 2.37. The van der Waals surface area contributed by atoms with Crippen LogP contribution in [-0.2, 0) is 9.53 Å². The third-order valence-electron chi connectivity index (χ3n) is 3.26. The van der Waals surface area contributed by atoms with E-state index >= 15 is 0 Å². The van der Waals surface area contributed by atoms with Gasteiger partial charge in [-0.1, -0.05) is 0 Å². The van der Waals surface area contributed by atoms with Gasteiger partial charge in [0.25, 0.3) is 0 Å². The van der Waals surface area contributed by atoms with Crippen molar-refractivity contribution in [3.63, 3.8) is 0 Å². The Morgan fingerprint density at radius 2 is 2.40 bits per heavy atom. The van der Waals surface area contributed by atoms with Crippen LogP contribution in [0.2, 0.25) is 0 Å². The molecule has 0 bridgehead atoms. The minimum absolute atomic E-state index is 0.205. The smallest absolute Gasteiger partial charge is 0.332 e. The molecule has 1 aromatic heterocycles. The quantitative estimate of drug-likeness (QED) is 0.938. The van der Waals surface area contributed by atoms with Crippen molar-refractivity contribution >= 4 is 27.5 Å². The highest BCUT2D eigenvalue weighted by molar-refractivity contribution is 7.18. The van der Waals surface area contributed by atoms with Crippen molar-refractivity contribution in [2.75, 3.05) is 6.61 Å². The lowest BCUT2D eigenvalue weighted by molar-refractivity contribution is -0.149. The Kier molecular flexibility index (Phi) is 3.58. The van der Waals surface area contributed by atoms with Gasteiger partial charge in [-0.15, -0.1) is 11.3 Å². The summed E-state index contributed by atoms with van der Waals surface area (Å²) in [5, 5.41) is 9.80. The van der Waals surface area contributed by atoms with Crippen molar-refractivity contribution in [1.29, 1.82) is 0 Å². The first-order valence-electron chi connectivity index (χ1n) is 6.59. The van der Waals surface area contributed by atoms with Crippen LogP contribution >= 0.6 is 11.3 Å². The van der Waals surface area contributed by atoms with Crippen molar-refractivity contribution in [2.45, 2.75) is 32.0 Å². The van der Waals surface area contributed by atoms with Gasteiger partial charge in [0.05, 0.1) is 16.8 Å². The summed E-state index contributed by atoms with van der Waals surface area (Å²) in [5.74, 6) is -0.0711. The van der Waals surface area contributed by atoms with E-state index in [9.17, 15) is 4.79 Å². The Morgan fingerprint density at radius 3 is 3.10 bits per heavy atom. The summed E-state index contributed by atoms with van der Waals surface area (Å²) in [6.45, 7) is 2.57. The van der Waals surface area contributed by atoms with Crippen LogP contribution in [0, 0.1) is 0 Å². The summed E-state index contributed by atoms with van der Waals surface area (Å²) in [6.07, 6.45) is 0.338. The molecule has 20 heavy (non-hydrogen) atoms. The van der Waals surface area contributed by atoms with Crippen molar-refractivity contribution in [1.82, 2.24) is 4.98 Å². The van der Waals surface area contributed by atoms with Crippen LogP contribution in [0.4, 0.5) is 0 Å². The first kappa shape index (κ1) is 13.3. The average Bonchev–Trinajstić information content (AvgIpc) is 3.05. The molecule has 0 amide bonds. The molecule has 3 rings (SSSR count). The maximum atomic E-state index is 10.9. The van der Waals surface area contributed by atoms with E-state index in [4.69, 9.17) is 14.6 Å². The van der Waals surface area contributed by atoms with E-state index in [0.717, 1.165) is 21.0 Å². The standard InChI is InChI=1S/C14H15NO4S/c1-2-18-8-3-4-9-12(7-8)20-13(15-9)10-5-6-11(19-10)14(16)17/h3-4,7,10-11H,2,5-6H2,1H3,(H,16,17). The fourth-order valence-corrected chi connectivity index (χ4v) is 3.38. The van der Waals surface area contributed by atoms with Gasteiger partial charge in [-0.25, -0.2) is 9.78 Å². The molecular weight excluding hydrogens is 278 g/mol. The first-order valence-corrected chi connectivity index (χ1v) is 7.40. The van der Waals surface area contributed by atoms with Gasteiger partial charge >= 0.3 is 5.97 Å². The molecule has 106 valence electrons. The molecule has 2 aromatic rings. The molecule has 2 unspecified atom stereocenters. The summed E-state index contributed by atoms with van der Waals surface area (Å²) in [6, 6.07) is 5.78. The number of nitrogens with zero attached hydrogens (tertiary/aromatic N) is 1. The lowest BCUT2D eigenvalue weighted by Gasteiger charge is -2.07. The molecule has 1 saturated heterocycles. The van der Waals surface area contributed by atoms with Crippen LogP contribution in [0.3, 0.4) is 0 Å². The molecule has 0 spiro atoms. The number of carboxylic acid groups (broad SMARTS) is 1.